The highest BCUT2D eigenvalue weighted by molar-refractivity contribution is 5.85. The molecule has 1 N–H and O–H groups in total. The van der Waals surface area contributed by atoms with Crippen LogP contribution in [0, 0.1) is 5.41 Å². The van der Waals surface area contributed by atoms with Gasteiger partial charge in [-0.2, -0.15) is 0 Å². The van der Waals surface area contributed by atoms with Gasteiger partial charge in [0.25, 0.3) is 0 Å². The molecule has 0 aromatic heterocycles. The molecule has 0 aromatic rings. The number of nitrogens with zero attached hydrogens (tertiary/aromatic N) is 3. The van der Waals surface area contributed by atoms with Crippen LogP contribution in [0.3, 0.4) is 0 Å². The summed E-state index contributed by atoms with van der Waals surface area (Å²) in [6.45, 7) is 11.8. The third kappa shape index (κ3) is 5.11. The molecule has 132 valence electrons. The first-order chi connectivity index (χ1) is 11.1. The van der Waals surface area contributed by atoms with Crippen molar-refractivity contribution < 1.29 is 4.79 Å². The van der Waals surface area contributed by atoms with Crippen LogP contribution in [0.2, 0.25) is 0 Å². The molecule has 0 spiro atoms. The Bertz CT molecular complexity index is 413. The van der Waals surface area contributed by atoms with E-state index in [-0.39, 0.29) is 12.5 Å². The number of hydrogen-bond acceptors (Lipinski definition) is 2. The average Bonchev–Trinajstić information content (AvgIpc) is 3.05. The van der Waals surface area contributed by atoms with E-state index < -0.39 is 0 Å². The predicted molar refractivity (Wildman–Crippen MR) is 95.6 cm³/mol. The van der Waals surface area contributed by atoms with Gasteiger partial charge < -0.3 is 15.1 Å². The number of hydrogen-bond donors (Lipinski definition) is 1. The minimum absolute atomic E-state index is 0.172. The largest absolute Gasteiger partial charge is 0.357 e. The zero-order valence-corrected chi connectivity index (χ0v) is 15.2. The quantitative estimate of drug-likeness (QED) is 0.625. The predicted octanol–water partition coefficient (Wildman–Crippen LogP) is 2.48. The number of carbonyl (C=O) groups excluding carboxylic acids is 1. The molecule has 5 heteroatoms. The lowest BCUT2D eigenvalue weighted by Gasteiger charge is -2.42. The second-order valence-corrected chi connectivity index (χ2v) is 7.34. The molecular weight excluding hydrogens is 288 g/mol. The summed E-state index contributed by atoms with van der Waals surface area (Å²) >= 11 is 0. The van der Waals surface area contributed by atoms with Crippen LogP contribution >= 0.6 is 0 Å². The first-order valence-corrected chi connectivity index (χ1v) is 9.39. The van der Waals surface area contributed by atoms with E-state index in [9.17, 15) is 4.79 Å². The summed E-state index contributed by atoms with van der Waals surface area (Å²) in [5.41, 5.74) is 0.377. The molecule has 23 heavy (non-hydrogen) atoms. The Morgan fingerprint density at radius 1 is 1.13 bits per heavy atom. The lowest BCUT2D eigenvalue weighted by atomic mass is 9.78. The van der Waals surface area contributed by atoms with Crippen LogP contribution in [0.5, 0.6) is 0 Å². The van der Waals surface area contributed by atoms with E-state index in [0.717, 1.165) is 51.5 Å². The van der Waals surface area contributed by atoms with Gasteiger partial charge in [0, 0.05) is 32.7 Å². The molecule has 2 heterocycles. The van der Waals surface area contributed by atoms with Gasteiger partial charge in [-0.05, 0) is 44.4 Å². The van der Waals surface area contributed by atoms with Crippen LogP contribution in [0.4, 0.5) is 0 Å². The molecule has 5 nitrogen and oxygen atoms in total. The van der Waals surface area contributed by atoms with Gasteiger partial charge in [0.15, 0.2) is 5.96 Å². The van der Waals surface area contributed by atoms with Crippen molar-refractivity contribution in [3.63, 3.8) is 0 Å². The summed E-state index contributed by atoms with van der Waals surface area (Å²) in [6.07, 6.45) is 7.26. The lowest BCUT2D eigenvalue weighted by molar-refractivity contribution is -0.128. The number of aliphatic imine (C=N–C) groups is 1. The van der Waals surface area contributed by atoms with Gasteiger partial charge in [-0.1, -0.05) is 20.3 Å². The highest BCUT2D eigenvalue weighted by Gasteiger charge is 2.31. The maximum Gasteiger partial charge on any atom is 0.244 e. The molecule has 1 atom stereocenters. The molecule has 0 aliphatic carbocycles. The van der Waals surface area contributed by atoms with Crippen molar-refractivity contribution in [2.24, 2.45) is 10.4 Å². The second-order valence-electron chi connectivity index (χ2n) is 7.34. The van der Waals surface area contributed by atoms with E-state index in [0.29, 0.717) is 5.41 Å². The molecule has 2 aliphatic rings. The summed E-state index contributed by atoms with van der Waals surface area (Å²) in [6, 6.07) is 0. The zero-order valence-electron chi connectivity index (χ0n) is 15.2. The van der Waals surface area contributed by atoms with E-state index in [2.05, 4.69) is 36.0 Å². The highest BCUT2D eigenvalue weighted by Crippen LogP contribution is 2.33. The molecule has 0 radical (unpaired) electrons. The number of nitrogens with one attached hydrogen (secondary N) is 1. The highest BCUT2D eigenvalue weighted by atomic mass is 16.2. The van der Waals surface area contributed by atoms with Crippen LogP contribution in [-0.2, 0) is 4.79 Å². The number of guanidine groups is 1. The summed E-state index contributed by atoms with van der Waals surface area (Å²) in [4.78, 5) is 21.2. The van der Waals surface area contributed by atoms with E-state index >= 15 is 0 Å². The lowest BCUT2D eigenvalue weighted by Crippen LogP contribution is -2.50. The Balaban J connectivity index is 1.98. The third-order valence-electron chi connectivity index (χ3n) is 5.09. The molecule has 1 unspecified atom stereocenters. The van der Waals surface area contributed by atoms with Crippen molar-refractivity contribution in [2.75, 3.05) is 39.3 Å². The van der Waals surface area contributed by atoms with Crippen LogP contribution in [0.25, 0.3) is 0 Å². The van der Waals surface area contributed by atoms with Crippen LogP contribution in [-0.4, -0.2) is 60.9 Å². The SMILES string of the molecule is CCCC1(C)CCCN(C(=NCC(=O)N2CCCC2)NCC)C1. The van der Waals surface area contributed by atoms with Crippen molar-refractivity contribution in [3.8, 4) is 0 Å². The fourth-order valence-corrected chi connectivity index (χ4v) is 3.94. The minimum Gasteiger partial charge on any atom is -0.357 e. The fourth-order valence-electron chi connectivity index (χ4n) is 3.94. The number of piperidine rings is 1. The zero-order chi connectivity index (χ0) is 16.7. The second kappa shape index (κ2) is 8.55. The molecule has 2 rings (SSSR count). The summed E-state index contributed by atoms with van der Waals surface area (Å²) in [5.74, 6) is 1.09. The summed E-state index contributed by atoms with van der Waals surface area (Å²) in [5, 5.41) is 3.38. The topological polar surface area (TPSA) is 47.9 Å². The smallest absolute Gasteiger partial charge is 0.244 e. The monoisotopic (exact) mass is 322 g/mol. The molecule has 0 aromatic carbocycles. The first-order valence-electron chi connectivity index (χ1n) is 9.39. The molecule has 2 fully saturated rings. The van der Waals surface area contributed by atoms with Gasteiger partial charge >= 0.3 is 0 Å². The number of carbonyl (C=O) groups is 1. The van der Waals surface area contributed by atoms with E-state index in [1.165, 1.54) is 25.7 Å². The van der Waals surface area contributed by atoms with Crippen molar-refractivity contribution >= 4 is 11.9 Å². The molecule has 2 aliphatic heterocycles. The Morgan fingerprint density at radius 2 is 1.83 bits per heavy atom. The Morgan fingerprint density at radius 3 is 2.48 bits per heavy atom. The van der Waals surface area contributed by atoms with Crippen molar-refractivity contribution in [2.45, 2.75) is 59.3 Å². The van der Waals surface area contributed by atoms with Crippen LogP contribution < -0.4 is 5.32 Å². The Labute approximate surface area is 141 Å². The molecule has 0 bridgehead atoms. The van der Waals surface area contributed by atoms with Gasteiger partial charge in [0.1, 0.15) is 6.54 Å². The van der Waals surface area contributed by atoms with Gasteiger partial charge in [-0.15, -0.1) is 0 Å². The standard InChI is InChI=1S/C18H34N4O/c1-4-9-18(3)10-8-13-22(15-18)17(19-5-2)20-14-16(23)21-11-6-7-12-21/h4-15H2,1-3H3,(H,19,20). The molecule has 0 saturated carbocycles. The van der Waals surface area contributed by atoms with E-state index in [4.69, 9.17) is 0 Å². The third-order valence-corrected chi connectivity index (χ3v) is 5.09. The maximum atomic E-state index is 12.2. The first kappa shape index (κ1) is 18.1. The van der Waals surface area contributed by atoms with Gasteiger partial charge in [-0.3, -0.25) is 4.79 Å². The Kier molecular flexibility index (Phi) is 6.72. The van der Waals surface area contributed by atoms with Crippen LogP contribution in [0.1, 0.15) is 59.3 Å². The fraction of sp³-hybridized carbons (Fsp3) is 0.889. The van der Waals surface area contributed by atoms with Gasteiger partial charge in [0.2, 0.25) is 5.91 Å². The molecule has 2 saturated heterocycles. The maximum absolute atomic E-state index is 12.2. The van der Waals surface area contributed by atoms with Crippen molar-refractivity contribution in [1.29, 1.82) is 0 Å². The van der Waals surface area contributed by atoms with Gasteiger partial charge in [0.05, 0.1) is 0 Å². The Hall–Kier alpha value is -1.26. The number of rotatable bonds is 5. The van der Waals surface area contributed by atoms with E-state index in [1.54, 1.807) is 0 Å². The molecular formula is C18H34N4O. The van der Waals surface area contributed by atoms with Crippen molar-refractivity contribution in [3.05, 3.63) is 0 Å². The van der Waals surface area contributed by atoms with Gasteiger partial charge in [-0.25, -0.2) is 4.99 Å². The number of amides is 1. The normalized spacial score (nSPS) is 25.8. The number of likely N-dealkylation sites (tertiary alicyclic amines) is 2. The summed E-state index contributed by atoms with van der Waals surface area (Å²) in [7, 11) is 0. The summed E-state index contributed by atoms with van der Waals surface area (Å²) < 4.78 is 0. The van der Waals surface area contributed by atoms with Crippen LogP contribution in [0.15, 0.2) is 4.99 Å². The van der Waals surface area contributed by atoms with Crippen molar-refractivity contribution in [1.82, 2.24) is 15.1 Å². The minimum atomic E-state index is 0.172. The average molecular weight is 322 g/mol. The molecule has 1 amide bonds. The van der Waals surface area contributed by atoms with E-state index in [1.807, 2.05) is 4.90 Å².